The number of methoxy groups -OCH3 is 1. The van der Waals surface area contributed by atoms with E-state index in [1.807, 2.05) is 0 Å². The van der Waals surface area contributed by atoms with Gasteiger partial charge < -0.3 is 4.74 Å². The lowest BCUT2D eigenvalue weighted by molar-refractivity contribution is -0.0700. The lowest BCUT2D eigenvalue weighted by Gasteiger charge is -2.58. The van der Waals surface area contributed by atoms with Gasteiger partial charge in [0.25, 0.3) is 0 Å². The summed E-state index contributed by atoms with van der Waals surface area (Å²) in [4.78, 5) is 0. The van der Waals surface area contributed by atoms with Gasteiger partial charge in [-0.1, -0.05) is 26.3 Å². The monoisotopic (exact) mass is 338 g/mol. The minimum Gasteiger partial charge on any atom is -0.497 e. The second kappa shape index (κ2) is 5.51. The molecule has 1 aromatic rings. The molecule has 4 aliphatic carbocycles. The van der Waals surface area contributed by atoms with Crippen molar-refractivity contribution in [3.63, 3.8) is 0 Å². The largest absolute Gasteiger partial charge is 0.497 e. The molecule has 0 aromatic heterocycles. The SMILES string of the molecule is COc1ccc2c(c1)CC[C@@H]1[C@@H]2CC[C@@]2(C)[C@H]1CC[C@]2(C)C1CCC1. The summed E-state index contributed by atoms with van der Waals surface area (Å²) < 4.78 is 5.47. The van der Waals surface area contributed by atoms with Gasteiger partial charge in [-0.15, -0.1) is 0 Å². The molecule has 3 saturated carbocycles. The maximum absolute atomic E-state index is 5.47. The molecule has 136 valence electrons. The molecule has 5 atom stereocenters. The van der Waals surface area contributed by atoms with Gasteiger partial charge in [-0.2, -0.15) is 0 Å². The smallest absolute Gasteiger partial charge is 0.119 e. The van der Waals surface area contributed by atoms with Crippen LogP contribution >= 0.6 is 0 Å². The molecule has 4 aliphatic rings. The lowest BCUT2D eigenvalue weighted by Crippen LogP contribution is -2.50. The van der Waals surface area contributed by atoms with Gasteiger partial charge in [0.15, 0.2) is 0 Å². The van der Waals surface area contributed by atoms with Crippen LogP contribution < -0.4 is 4.74 Å². The van der Waals surface area contributed by atoms with E-state index >= 15 is 0 Å². The number of aryl methyl sites for hydroxylation is 1. The topological polar surface area (TPSA) is 9.23 Å². The standard InChI is InChI=1S/C24H34O/c1-23(17-5-4-6-17)14-12-22-21-9-7-16-15-18(25-3)8-10-19(16)20(21)11-13-24(22,23)2/h8,10,15,17,20-22H,4-7,9,11-14H2,1-3H3/t20-,21-,22+,23-,24+/m1/s1. The minimum atomic E-state index is 0.600. The van der Waals surface area contributed by atoms with E-state index in [1.165, 1.54) is 57.8 Å². The van der Waals surface area contributed by atoms with E-state index in [1.54, 1.807) is 18.2 Å². The zero-order chi connectivity index (χ0) is 17.2. The Bertz CT molecular complexity index is 675. The minimum absolute atomic E-state index is 0.600. The maximum Gasteiger partial charge on any atom is 0.119 e. The van der Waals surface area contributed by atoms with Crippen LogP contribution in [-0.4, -0.2) is 7.11 Å². The lowest BCUT2D eigenvalue weighted by atomic mass is 9.47. The Kier molecular flexibility index (Phi) is 3.57. The van der Waals surface area contributed by atoms with Gasteiger partial charge in [-0.25, -0.2) is 0 Å². The molecule has 1 heteroatoms. The van der Waals surface area contributed by atoms with Crippen molar-refractivity contribution in [2.45, 2.75) is 77.6 Å². The molecule has 0 aliphatic heterocycles. The van der Waals surface area contributed by atoms with E-state index in [0.29, 0.717) is 10.8 Å². The predicted octanol–water partition coefficient (Wildman–Crippen LogP) is 6.36. The molecule has 1 aromatic carbocycles. The molecule has 0 amide bonds. The molecular formula is C24H34O. The van der Waals surface area contributed by atoms with E-state index < -0.39 is 0 Å². The van der Waals surface area contributed by atoms with Gasteiger partial charge in [0.05, 0.1) is 7.11 Å². The van der Waals surface area contributed by atoms with Crippen molar-refractivity contribution >= 4 is 0 Å². The zero-order valence-electron chi connectivity index (χ0n) is 16.3. The van der Waals surface area contributed by atoms with Crippen molar-refractivity contribution in [3.05, 3.63) is 29.3 Å². The second-order valence-electron chi connectivity index (χ2n) is 10.0. The molecule has 0 spiro atoms. The number of hydrogen-bond acceptors (Lipinski definition) is 1. The molecule has 0 unspecified atom stereocenters. The second-order valence-corrected chi connectivity index (χ2v) is 10.0. The van der Waals surface area contributed by atoms with Gasteiger partial charge in [-0.3, -0.25) is 0 Å². The van der Waals surface area contributed by atoms with E-state index in [4.69, 9.17) is 4.74 Å². The summed E-state index contributed by atoms with van der Waals surface area (Å²) in [5.74, 6) is 4.78. The first-order chi connectivity index (χ1) is 12.1. The average Bonchev–Trinajstić information content (AvgIpc) is 2.84. The summed E-state index contributed by atoms with van der Waals surface area (Å²) in [6, 6.07) is 6.91. The van der Waals surface area contributed by atoms with Gasteiger partial charge in [0.1, 0.15) is 5.75 Å². The molecular weight excluding hydrogens is 304 g/mol. The van der Waals surface area contributed by atoms with E-state index in [2.05, 4.69) is 32.0 Å². The molecule has 0 bridgehead atoms. The third-order valence-electron chi connectivity index (χ3n) is 9.61. The zero-order valence-corrected chi connectivity index (χ0v) is 16.3. The van der Waals surface area contributed by atoms with Crippen LogP contribution in [0.25, 0.3) is 0 Å². The molecule has 0 heterocycles. The summed E-state index contributed by atoms with van der Waals surface area (Å²) in [5.41, 5.74) is 4.46. The predicted molar refractivity (Wildman–Crippen MR) is 103 cm³/mol. The highest BCUT2D eigenvalue weighted by molar-refractivity contribution is 5.40. The highest BCUT2D eigenvalue weighted by Gasteiger charge is 2.62. The Balaban J connectivity index is 1.47. The average molecular weight is 339 g/mol. The maximum atomic E-state index is 5.47. The van der Waals surface area contributed by atoms with Crippen LogP contribution in [0.15, 0.2) is 18.2 Å². The number of ether oxygens (including phenoxy) is 1. The first-order valence-electron chi connectivity index (χ1n) is 10.7. The highest BCUT2D eigenvalue weighted by atomic mass is 16.5. The molecule has 5 rings (SSSR count). The van der Waals surface area contributed by atoms with Crippen molar-refractivity contribution in [3.8, 4) is 5.75 Å². The van der Waals surface area contributed by atoms with E-state index in [9.17, 15) is 0 Å². The van der Waals surface area contributed by atoms with Gasteiger partial charge in [-0.05, 0) is 109 Å². The third-order valence-corrected chi connectivity index (χ3v) is 9.61. The number of fused-ring (bicyclic) bond motifs is 5. The van der Waals surface area contributed by atoms with Gasteiger partial charge in [0, 0.05) is 0 Å². The van der Waals surface area contributed by atoms with Crippen LogP contribution in [0.3, 0.4) is 0 Å². The molecule has 25 heavy (non-hydrogen) atoms. The van der Waals surface area contributed by atoms with Crippen LogP contribution in [0.1, 0.15) is 82.3 Å². The fraction of sp³-hybridized carbons (Fsp3) is 0.750. The Morgan fingerprint density at radius 2 is 1.76 bits per heavy atom. The van der Waals surface area contributed by atoms with Crippen LogP contribution in [0.5, 0.6) is 5.75 Å². The molecule has 0 radical (unpaired) electrons. The van der Waals surface area contributed by atoms with Crippen LogP contribution in [-0.2, 0) is 6.42 Å². The fourth-order valence-corrected chi connectivity index (χ4v) is 7.70. The van der Waals surface area contributed by atoms with Crippen molar-refractivity contribution in [2.24, 2.45) is 28.6 Å². The number of hydrogen-bond donors (Lipinski definition) is 0. The Morgan fingerprint density at radius 1 is 0.960 bits per heavy atom. The summed E-state index contributed by atoms with van der Waals surface area (Å²) in [6.45, 7) is 5.38. The number of rotatable bonds is 2. The van der Waals surface area contributed by atoms with Gasteiger partial charge >= 0.3 is 0 Å². The van der Waals surface area contributed by atoms with Crippen LogP contribution in [0.4, 0.5) is 0 Å². The Hall–Kier alpha value is -0.980. The van der Waals surface area contributed by atoms with Crippen LogP contribution in [0.2, 0.25) is 0 Å². The quantitative estimate of drug-likeness (QED) is 0.610. The summed E-state index contributed by atoms with van der Waals surface area (Å²) in [7, 11) is 1.79. The third kappa shape index (κ3) is 2.07. The van der Waals surface area contributed by atoms with E-state index in [-0.39, 0.29) is 0 Å². The normalized spacial score (nSPS) is 42.9. The first kappa shape index (κ1) is 16.2. The Morgan fingerprint density at radius 3 is 2.48 bits per heavy atom. The molecule has 0 saturated heterocycles. The van der Waals surface area contributed by atoms with Gasteiger partial charge in [0.2, 0.25) is 0 Å². The first-order valence-corrected chi connectivity index (χ1v) is 10.7. The molecule has 0 N–H and O–H groups in total. The van der Waals surface area contributed by atoms with E-state index in [0.717, 1.165) is 29.4 Å². The summed E-state index contributed by atoms with van der Waals surface area (Å²) >= 11 is 0. The highest BCUT2D eigenvalue weighted by Crippen LogP contribution is 2.71. The van der Waals surface area contributed by atoms with Crippen LogP contribution in [0, 0.1) is 28.6 Å². The fourth-order valence-electron chi connectivity index (χ4n) is 7.70. The summed E-state index contributed by atoms with van der Waals surface area (Å²) in [5, 5.41) is 0. The Labute approximate surface area is 153 Å². The van der Waals surface area contributed by atoms with Crippen molar-refractivity contribution in [1.82, 2.24) is 0 Å². The van der Waals surface area contributed by atoms with Crippen molar-refractivity contribution < 1.29 is 4.74 Å². The molecule has 3 fully saturated rings. The van der Waals surface area contributed by atoms with Crippen molar-refractivity contribution in [1.29, 1.82) is 0 Å². The molecule has 1 nitrogen and oxygen atoms in total. The number of benzene rings is 1. The summed E-state index contributed by atoms with van der Waals surface area (Å²) in [6.07, 6.45) is 13.0. The van der Waals surface area contributed by atoms with Crippen molar-refractivity contribution in [2.75, 3.05) is 7.11 Å².